The third kappa shape index (κ3) is 6.23. The number of amides is 1. The Labute approximate surface area is 164 Å². The standard InChI is InChI=1S/C19H25ClN4O3/c1-15-14-18(22-27-15)21-19(25)6-7-23-8-10-24(11-9-23)12-13-26-17-5-3-2-4-16(17)20/h2-5,14H,6-13H2,1H3,(H,21,22,25). The van der Waals surface area contributed by atoms with Crippen LogP contribution in [0.15, 0.2) is 34.9 Å². The van der Waals surface area contributed by atoms with Crippen molar-refractivity contribution in [1.82, 2.24) is 15.0 Å². The van der Waals surface area contributed by atoms with Crippen LogP contribution in [0, 0.1) is 6.92 Å². The van der Waals surface area contributed by atoms with Crippen LogP contribution in [0.2, 0.25) is 5.02 Å². The van der Waals surface area contributed by atoms with E-state index in [9.17, 15) is 4.79 Å². The minimum Gasteiger partial charge on any atom is -0.491 e. The molecule has 0 radical (unpaired) electrons. The van der Waals surface area contributed by atoms with Crippen LogP contribution in [-0.2, 0) is 4.79 Å². The maximum atomic E-state index is 12.0. The lowest BCUT2D eigenvalue weighted by Gasteiger charge is -2.34. The zero-order chi connectivity index (χ0) is 19.1. The number of nitrogens with zero attached hydrogens (tertiary/aromatic N) is 3. The van der Waals surface area contributed by atoms with Crippen LogP contribution in [-0.4, -0.2) is 66.7 Å². The van der Waals surface area contributed by atoms with Gasteiger partial charge in [0.2, 0.25) is 5.91 Å². The number of aromatic nitrogens is 1. The first-order valence-electron chi connectivity index (χ1n) is 9.15. The summed E-state index contributed by atoms with van der Waals surface area (Å²) < 4.78 is 10.7. The van der Waals surface area contributed by atoms with Crippen molar-refractivity contribution in [3.63, 3.8) is 0 Å². The summed E-state index contributed by atoms with van der Waals surface area (Å²) in [5.41, 5.74) is 0. The minimum atomic E-state index is -0.0427. The Hall–Kier alpha value is -2.09. The van der Waals surface area contributed by atoms with Gasteiger partial charge in [0.25, 0.3) is 0 Å². The second-order valence-corrected chi connectivity index (χ2v) is 6.99. The number of rotatable bonds is 8. The number of aryl methyl sites for hydroxylation is 1. The van der Waals surface area contributed by atoms with Crippen molar-refractivity contribution in [3.05, 3.63) is 41.1 Å². The van der Waals surface area contributed by atoms with Crippen molar-refractivity contribution < 1.29 is 14.1 Å². The van der Waals surface area contributed by atoms with Crippen molar-refractivity contribution in [2.24, 2.45) is 0 Å². The van der Waals surface area contributed by atoms with Gasteiger partial charge in [0.15, 0.2) is 5.82 Å². The molecule has 1 N–H and O–H groups in total. The molecule has 0 aliphatic carbocycles. The summed E-state index contributed by atoms with van der Waals surface area (Å²) in [4.78, 5) is 16.6. The smallest absolute Gasteiger partial charge is 0.226 e. The number of carbonyl (C=O) groups is 1. The Morgan fingerprint density at radius 3 is 2.59 bits per heavy atom. The Morgan fingerprint density at radius 2 is 1.93 bits per heavy atom. The quantitative estimate of drug-likeness (QED) is 0.744. The SMILES string of the molecule is Cc1cc(NC(=O)CCN2CCN(CCOc3ccccc3Cl)CC2)no1. The molecule has 2 aromatic rings. The van der Waals surface area contributed by atoms with Crippen molar-refractivity contribution in [2.75, 3.05) is 51.2 Å². The van der Waals surface area contributed by atoms with Gasteiger partial charge in [0, 0.05) is 51.8 Å². The lowest BCUT2D eigenvalue weighted by Crippen LogP contribution is -2.48. The third-order valence-corrected chi connectivity index (χ3v) is 4.83. The zero-order valence-corrected chi connectivity index (χ0v) is 16.2. The molecule has 1 aromatic heterocycles. The molecule has 146 valence electrons. The van der Waals surface area contributed by atoms with E-state index in [1.165, 1.54) is 0 Å². The molecule has 1 fully saturated rings. The number of carbonyl (C=O) groups excluding carboxylic acids is 1. The van der Waals surface area contributed by atoms with Crippen LogP contribution < -0.4 is 10.1 Å². The summed E-state index contributed by atoms with van der Waals surface area (Å²) in [5.74, 6) is 1.84. The van der Waals surface area contributed by atoms with Crippen LogP contribution in [0.5, 0.6) is 5.75 Å². The van der Waals surface area contributed by atoms with Crippen molar-refractivity contribution in [2.45, 2.75) is 13.3 Å². The summed E-state index contributed by atoms with van der Waals surface area (Å²) in [5, 5.41) is 7.16. The Balaban J connectivity index is 1.29. The predicted molar refractivity (Wildman–Crippen MR) is 104 cm³/mol. The normalized spacial score (nSPS) is 15.6. The lowest BCUT2D eigenvalue weighted by atomic mass is 10.3. The molecule has 1 aromatic carbocycles. The number of ether oxygens (including phenoxy) is 1. The summed E-state index contributed by atoms with van der Waals surface area (Å²) in [6.45, 7) is 7.85. The molecule has 8 heteroatoms. The molecule has 0 saturated carbocycles. The van der Waals surface area contributed by atoms with E-state index in [-0.39, 0.29) is 5.91 Å². The molecule has 0 bridgehead atoms. The van der Waals surface area contributed by atoms with Crippen LogP contribution in [0.1, 0.15) is 12.2 Å². The largest absolute Gasteiger partial charge is 0.491 e. The number of para-hydroxylation sites is 1. The van der Waals surface area contributed by atoms with E-state index in [0.717, 1.165) is 45.0 Å². The molecular weight excluding hydrogens is 368 g/mol. The number of halogens is 1. The first kappa shape index (κ1) is 19.7. The summed E-state index contributed by atoms with van der Waals surface area (Å²) in [6, 6.07) is 9.23. The molecule has 1 amide bonds. The number of nitrogens with one attached hydrogen (secondary N) is 1. The Morgan fingerprint density at radius 1 is 1.22 bits per heavy atom. The van der Waals surface area contributed by atoms with E-state index < -0.39 is 0 Å². The van der Waals surface area contributed by atoms with Crippen LogP contribution >= 0.6 is 11.6 Å². The highest BCUT2D eigenvalue weighted by Gasteiger charge is 2.17. The number of anilines is 1. The second-order valence-electron chi connectivity index (χ2n) is 6.58. The maximum Gasteiger partial charge on any atom is 0.226 e. The molecule has 3 rings (SSSR count). The van der Waals surface area contributed by atoms with Gasteiger partial charge in [-0.3, -0.25) is 9.69 Å². The predicted octanol–water partition coefficient (Wildman–Crippen LogP) is 2.66. The average molecular weight is 393 g/mol. The molecule has 0 atom stereocenters. The Bertz CT molecular complexity index is 744. The average Bonchev–Trinajstić information content (AvgIpc) is 3.07. The van der Waals surface area contributed by atoms with E-state index >= 15 is 0 Å². The number of hydrogen-bond acceptors (Lipinski definition) is 6. The molecule has 7 nitrogen and oxygen atoms in total. The number of piperazine rings is 1. The van der Waals surface area contributed by atoms with Gasteiger partial charge in [-0.2, -0.15) is 0 Å². The van der Waals surface area contributed by atoms with Gasteiger partial charge in [0.05, 0.1) is 5.02 Å². The van der Waals surface area contributed by atoms with Gasteiger partial charge in [-0.05, 0) is 19.1 Å². The van der Waals surface area contributed by atoms with Gasteiger partial charge in [-0.1, -0.05) is 28.9 Å². The fraction of sp³-hybridized carbons (Fsp3) is 0.474. The fourth-order valence-corrected chi connectivity index (χ4v) is 3.16. The molecule has 0 unspecified atom stereocenters. The van der Waals surface area contributed by atoms with Crippen molar-refractivity contribution in [1.29, 1.82) is 0 Å². The van der Waals surface area contributed by atoms with Gasteiger partial charge < -0.3 is 19.5 Å². The molecule has 1 aliphatic rings. The lowest BCUT2D eigenvalue weighted by molar-refractivity contribution is -0.116. The molecule has 0 spiro atoms. The zero-order valence-electron chi connectivity index (χ0n) is 15.5. The second kappa shape index (κ2) is 9.73. The molecular formula is C19H25ClN4O3. The molecule has 27 heavy (non-hydrogen) atoms. The van der Waals surface area contributed by atoms with E-state index in [4.69, 9.17) is 20.9 Å². The summed E-state index contributed by atoms with van der Waals surface area (Å²) >= 11 is 6.09. The fourth-order valence-electron chi connectivity index (χ4n) is 2.97. The van der Waals surface area contributed by atoms with E-state index in [1.807, 2.05) is 24.3 Å². The van der Waals surface area contributed by atoms with Crippen LogP contribution in [0.4, 0.5) is 5.82 Å². The third-order valence-electron chi connectivity index (χ3n) is 4.52. The highest BCUT2D eigenvalue weighted by Crippen LogP contribution is 2.22. The Kier molecular flexibility index (Phi) is 7.09. The monoisotopic (exact) mass is 392 g/mol. The van der Waals surface area contributed by atoms with Gasteiger partial charge in [-0.25, -0.2) is 0 Å². The first-order chi connectivity index (χ1) is 13.1. The van der Waals surface area contributed by atoms with E-state index in [1.54, 1.807) is 13.0 Å². The first-order valence-corrected chi connectivity index (χ1v) is 9.53. The van der Waals surface area contributed by atoms with Gasteiger partial charge in [0.1, 0.15) is 18.1 Å². The number of hydrogen-bond donors (Lipinski definition) is 1. The highest BCUT2D eigenvalue weighted by molar-refractivity contribution is 6.32. The maximum absolute atomic E-state index is 12.0. The summed E-state index contributed by atoms with van der Waals surface area (Å²) in [6.07, 6.45) is 0.446. The van der Waals surface area contributed by atoms with E-state index in [2.05, 4.69) is 20.3 Å². The number of benzene rings is 1. The van der Waals surface area contributed by atoms with Crippen molar-refractivity contribution >= 4 is 23.3 Å². The molecule has 2 heterocycles. The van der Waals surface area contributed by atoms with Crippen molar-refractivity contribution in [3.8, 4) is 5.75 Å². The van der Waals surface area contributed by atoms with E-state index in [0.29, 0.717) is 29.6 Å². The van der Waals surface area contributed by atoms with Crippen LogP contribution in [0.3, 0.4) is 0 Å². The minimum absolute atomic E-state index is 0.0427. The molecule has 1 aliphatic heterocycles. The highest BCUT2D eigenvalue weighted by atomic mass is 35.5. The van der Waals surface area contributed by atoms with Gasteiger partial charge in [-0.15, -0.1) is 0 Å². The van der Waals surface area contributed by atoms with Crippen LogP contribution in [0.25, 0.3) is 0 Å². The topological polar surface area (TPSA) is 70.8 Å². The summed E-state index contributed by atoms with van der Waals surface area (Å²) in [7, 11) is 0. The molecule has 1 saturated heterocycles. The van der Waals surface area contributed by atoms with Gasteiger partial charge >= 0.3 is 0 Å².